The fraction of sp³-hybridized carbons (Fsp3) is 0.250. The molecule has 0 radical (unpaired) electrons. The molecule has 1 heterocycles. The van der Waals surface area contributed by atoms with E-state index in [9.17, 15) is 13.2 Å². The van der Waals surface area contributed by atoms with Gasteiger partial charge in [-0.25, -0.2) is 13.1 Å². The van der Waals surface area contributed by atoms with Gasteiger partial charge in [0.1, 0.15) is 5.75 Å². The van der Waals surface area contributed by atoms with Gasteiger partial charge in [0.2, 0.25) is 11.8 Å². The van der Waals surface area contributed by atoms with Crippen LogP contribution in [0.5, 0.6) is 5.75 Å². The zero-order valence-corrected chi connectivity index (χ0v) is 19.6. The number of nitrogens with zero attached hydrogens (tertiary/aromatic N) is 1. The lowest BCUT2D eigenvalue weighted by Gasteiger charge is -2.09. The number of para-hydroxylation sites is 1. The Balaban J connectivity index is 1.63. The Hall–Kier alpha value is -3.59. The van der Waals surface area contributed by atoms with Crippen molar-refractivity contribution in [3.63, 3.8) is 0 Å². The summed E-state index contributed by atoms with van der Waals surface area (Å²) in [5, 5.41) is 6.45. The second kappa shape index (κ2) is 10.8. The summed E-state index contributed by atoms with van der Waals surface area (Å²) in [5.74, 6) is 0.447. The van der Waals surface area contributed by atoms with Crippen LogP contribution in [-0.2, 0) is 14.8 Å². The summed E-state index contributed by atoms with van der Waals surface area (Å²) in [7, 11) is -3.85. The number of benzene rings is 2. The number of unbranched alkanes of at least 4 members (excludes halogenated alkanes) is 1. The van der Waals surface area contributed by atoms with Gasteiger partial charge in [0.25, 0.3) is 10.0 Å². The SMILES string of the molecule is CCCCOc1ccccc1/C=C/C(=O)Nc1ccc(S(=O)(=O)Nc2onc(C)c2C)cc1. The van der Waals surface area contributed by atoms with Crippen molar-refractivity contribution >= 4 is 33.6 Å². The van der Waals surface area contributed by atoms with Crippen molar-refractivity contribution in [3.05, 3.63) is 71.4 Å². The van der Waals surface area contributed by atoms with Gasteiger partial charge in [-0.05, 0) is 56.7 Å². The lowest BCUT2D eigenvalue weighted by atomic mass is 10.2. The molecule has 0 atom stereocenters. The lowest BCUT2D eigenvalue weighted by Crippen LogP contribution is -2.13. The van der Waals surface area contributed by atoms with Gasteiger partial charge in [-0.1, -0.05) is 36.7 Å². The molecular formula is C24H27N3O5S. The largest absolute Gasteiger partial charge is 0.493 e. The normalized spacial score (nSPS) is 11.5. The topological polar surface area (TPSA) is 111 Å². The smallest absolute Gasteiger partial charge is 0.264 e. The quantitative estimate of drug-likeness (QED) is 0.322. The first kappa shape index (κ1) is 24.1. The monoisotopic (exact) mass is 469 g/mol. The van der Waals surface area contributed by atoms with E-state index >= 15 is 0 Å². The standard InChI is InChI=1S/C24H27N3O5S/c1-4-5-16-31-22-9-7-6-8-19(22)10-15-23(28)25-20-11-13-21(14-12-20)33(29,30)27-24-17(2)18(3)26-32-24/h6-15,27H,4-5,16H2,1-3H3,(H,25,28)/b15-10+. The fourth-order valence-electron chi connectivity index (χ4n) is 2.83. The Morgan fingerprint density at radius 3 is 2.52 bits per heavy atom. The highest BCUT2D eigenvalue weighted by molar-refractivity contribution is 7.92. The predicted octanol–water partition coefficient (Wildman–Crippen LogP) is 4.92. The molecule has 0 saturated heterocycles. The number of aromatic nitrogens is 1. The zero-order chi connectivity index (χ0) is 23.8. The number of sulfonamides is 1. The molecule has 3 rings (SSSR count). The average molecular weight is 470 g/mol. The van der Waals surface area contributed by atoms with Crippen LogP contribution in [0.25, 0.3) is 6.08 Å². The maximum atomic E-state index is 12.6. The second-order valence-electron chi connectivity index (χ2n) is 7.41. The van der Waals surface area contributed by atoms with Crippen LogP contribution in [0, 0.1) is 13.8 Å². The summed E-state index contributed by atoms with van der Waals surface area (Å²) in [6.07, 6.45) is 5.08. The van der Waals surface area contributed by atoms with Crippen molar-refractivity contribution in [2.24, 2.45) is 0 Å². The maximum Gasteiger partial charge on any atom is 0.264 e. The molecule has 0 fully saturated rings. The van der Waals surface area contributed by atoms with E-state index in [0.29, 0.717) is 29.3 Å². The van der Waals surface area contributed by atoms with E-state index in [1.165, 1.54) is 30.3 Å². The molecule has 0 aliphatic heterocycles. The molecule has 0 unspecified atom stereocenters. The molecule has 8 nitrogen and oxygen atoms in total. The van der Waals surface area contributed by atoms with Crippen LogP contribution in [-0.4, -0.2) is 26.1 Å². The molecule has 1 aromatic heterocycles. The number of nitrogens with one attached hydrogen (secondary N) is 2. The minimum absolute atomic E-state index is 0.0302. The highest BCUT2D eigenvalue weighted by Crippen LogP contribution is 2.23. The van der Waals surface area contributed by atoms with Crippen LogP contribution < -0.4 is 14.8 Å². The van der Waals surface area contributed by atoms with Crippen molar-refractivity contribution in [2.45, 2.75) is 38.5 Å². The number of anilines is 2. The molecule has 0 spiro atoms. The number of hydrogen-bond donors (Lipinski definition) is 2. The molecule has 174 valence electrons. The molecule has 0 bridgehead atoms. The number of aryl methyl sites for hydroxylation is 1. The Bertz CT molecular complexity index is 1230. The summed E-state index contributed by atoms with van der Waals surface area (Å²) in [6, 6.07) is 13.3. The van der Waals surface area contributed by atoms with Gasteiger partial charge in [-0.2, -0.15) is 0 Å². The third-order valence-corrected chi connectivity index (χ3v) is 6.25. The zero-order valence-electron chi connectivity index (χ0n) is 18.8. The Morgan fingerprint density at radius 1 is 1.12 bits per heavy atom. The van der Waals surface area contributed by atoms with Crippen LogP contribution in [0.2, 0.25) is 0 Å². The maximum absolute atomic E-state index is 12.6. The van der Waals surface area contributed by atoms with Crippen LogP contribution in [0.3, 0.4) is 0 Å². The number of amides is 1. The molecule has 0 aliphatic carbocycles. The summed E-state index contributed by atoms with van der Waals surface area (Å²) in [4.78, 5) is 12.4. The molecule has 2 aromatic carbocycles. The Kier molecular flexibility index (Phi) is 7.89. The van der Waals surface area contributed by atoms with Crippen molar-refractivity contribution in [1.29, 1.82) is 0 Å². The molecule has 0 saturated carbocycles. The third kappa shape index (κ3) is 6.45. The number of carbonyl (C=O) groups is 1. The van der Waals surface area contributed by atoms with E-state index in [2.05, 4.69) is 22.1 Å². The first-order valence-corrected chi connectivity index (χ1v) is 12.0. The predicted molar refractivity (Wildman–Crippen MR) is 128 cm³/mol. The van der Waals surface area contributed by atoms with Crippen molar-refractivity contribution in [3.8, 4) is 5.75 Å². The molecule has 9 heteroatoms. The van der Waals surface area contributed by atoms with Gasteiger partial charge in [0, 0.05) is 22.9 Å². The lowest BCUT2D eigenvalue weighted by molar-refractivity contribution is -0.111. The Labute approximate surface area is 193 Å². The van der Waals surface area contributed by atoms with Crippen molar-refractivity contribution < 1.29 is 22.5 Å². The molecule has 33 heavy (non-hydrogen) atoms. The van der Waals surface area contributed by atoms with E-state index in [0.717, 1.165) is 18.4 Å². The second-order valence-corrected chi connectivity index (χ2v) is 9.10. The van der Waals surface area contributed by atoms with Gasteiger partial charge in [-0.3, -0.25) is 4.79 Å². The van der Waals surface area contributed by atoms with E-state index in [4.69, 9.17) is 9.26 Å². The first-order valence-electron chi connectivity index (χ1n) is 10.6. The minimum Gasteiger partial charge on any atom is -0.493 e. The van der Waals surface area contributed by atoms with Crippen LogP contribution in [0.4, 0.5) is 11.6 Å². The molecular weight excluding hydrogens is 442 g/mol. The fourth-order valence-corrected chi connectivity index (χ4v) is 3.88. The van der Waals surface area contributed by atoms with Crippen LogP contribution in [0.15, 0.2) is 64.0 Å². The van der Waals surface area contributed by atoms with Gasteiger partial charge in [0.15, 0.2) is 0 Å². The number of hydrogen-bond acceptors (Lipinski definition) is 6. The summed E-state index contributed by atoms with van der Waals surface area (Å²) in [6.45, 7) is 6.15. The Morgan fingerprint density at radius 2 is 1.85 bits per heavy atom. The number of carbonyl (C=O) groups excluding carboxylic acids is 1. The first-order chi connectivity index (χ1) is 15.8. The van der Waals surface area contributed by atoms with Crippen LogP contribution >= 0.6 is 0 Å². The minimum atomic E-state index is -3.85. The van der Waals surface area contributed by atoms with E-state index in [-0.39, 0.29) is 16.7 Å². The number of ether oxygens (including phenoxy) is 1. The molecule has 3 aromatic rings. The summed E-state index contributed by atoms with van der Waals surface area (Å²) in [5.41, 5.74) is 2.48. The highest BCUT2D eigenvalue weighted by Gasteiger charge is 2.19. The third-order valence-electron chi connectivity index (χ3n) is 4.91. The van der Waals surface area contributed by atoms with Crippen molar-refractivity contribution in [1.82, 2.24) is 5.16 Å². The van der Waals surface area contributed by atoms with E-state index in [1.807, 2.05) is 24.3 Å². The van der Waals surface area contributed by atoms with Gasteiger partial charge in [-0.15, -0.1) is 0 Å². The van der Waals surface area contributed by atoms with Gasteiger partial charge in [0.05, 0.1) is 17.2 Å². The molecule has 1 amide bonds. The number of rotatable bonds is 10. The van der Waals surface area contributed by atoms with E-state index in [1.54, 1.807) is 19.9 Å². The molecule has 0 aliphatic rings. The van der Waals surface area contributed by atoms with Crippen molar-refractivity contribution in [2.75, 3.05) is 16.6 Å². The van der Waals surface area contributed by atoms with Gasteiger partial charge < -0.3 is 14.6 Å². The summed E-state index contributed by atoms with van der Waals surface area (Å²) >= 11 is 0. The van der Waals surface area contributed by atoms with Crippen LogP contribution in [0.1, 0.15) is 36.6 Å². The molecule has 2 N–H and O–H groups in total. The average Bonchev–Trinajstić information content (AvgIpc) is 3.10. The van der Waals surface area contributed by atoms with Gasteiger partial charge >= 0.3 is 0 Å². The highest BCUT2D eigenvalue weighted by atomic mass is 32.2. The summed E-state index contributed by atoms with van der Waals surface area (Å²) < 4.78 is 38.3. The van der Waals surface area contributed by atoms with E-state index < -0.39 is 10.0 Å².